The molecule has 1 aromatic carbocycles. The predicted molar refractivity (Wildman–Crippen MR) is 135 cm³/mol. The van der Waals surface area contributed by atoms with Crippen LogP contribution in [0.15, 0.2) is 48.8 Å². The van der Waals surface area contributed by atoms with E-state index in [0.717, 1.165) is 47.3 Å². The fourth-order valence-electron chi connectivity index (χ4n) is 5.06. The molecule has 1 fully saturated rings. The highest BCUT2D eigenvalue weighted by Gasteiger charge is 2.31. The van der Waals surface area contributed by atoms with E-state index in [4.69, 9.17) is 4.74 Å². The molecule has 1 aliphatic rings. The highest BCUT2D eigenvalue weighted by Crippen LogP contribution is 2.34. The molecule has 0 amide bonds. The van der Waals surface area contributed by atoms with Crippen molar-refractivity contribution < 1.29 is 19.7 Å². The van der Waals surface area contributed by atoms with Gasteiger partial charge in [0.1, 0.15) is 5.75 Å². The fourth-order valence-corrected chi connectivity index (χ4v) is 5.06. The standard InChI is InChI=1S/C28H33N3O4/c1-30-14-3-5-22(30)6-4-15-31-16-12-20(21(19-31)17-28(33)34)7-10-27(32)24-11-13-29-26-9-8-23(35-2)18-25(24)26/h3,5,8-9,11,13-14,18,20-21,27,32H,7,10,12,15-17,19H2,1-2H3,(H,33,34)/t20-,21+,27?/m1/s1. The quantitative estimate of drug-likeness (QED) is 0.481. The summed E-state index contributed by atoms with van der Waals surface area (Å²) in [6.07, 6.45) is 5.43. The van der Waals surface area contributed by atoms with E-state index in [1.54, 1.807) is 13.3 Å². The van der Waals surface area contributed by atoms with Gasteiger partial charge in [-0.3, -0.25) is 14.7 Å². The first-order chi connectivity index (χ1) is 16.9. The van der Waals surface area contributed by atoms with Crippen LogP contribution in [-0.2, 0) is 11.8 Å². The molecule has 0 saturated carbocycles. The number of carboxylic acid groups (broad SMARTS) is 1. The Hall–Kier alpha value is -3.34. The number of aliphatic carboxylic acids is 1. The molecule has 1 saturated heterocycles. The van der Waals surface area contributed by atoms with Gasteiger partial charge in [-0.15, -0.1) is 0 Å². The first-order valence-electron chi connectivity index (χ1n) is 12.1. The topological polar surface area (TPSA) is 87.8 Å². The van der Waals surface area contributed by atoms with Crippen LogP contribution in [0, 0.1) is 23.7 Å². The molecule has 0 aliphatic carbocycles. The van der Waals surface area contributed by atoms with Crippen LogP contribution in [0.3, 0.4) is 0 Å². The Labute approximate surface area is 206 Å². The molecular formula is C28H33N3O4. The Morgan fingerprint density at radius 1 is 1.29 bits per heavy atom. The van der Waals surface area contributed by atoms with Gasteiger partial charge in [-0.1, -0.05) is 5.92 Å². The van der Waals surface area contributed by atoms with E-state index < -0.39 is 12.1 Å². The van der Waals surface area contributed by atoms with E-state index in [0.29, 0.717) is 19.5 Å². The number of likely N-dealkylation sites (tertiary alicyclic amines) is 1. The number of carbonyl (C=O) groups is 1. The Morgan fingerprint density at radius 3 is 2.89 bits per heavy atom. The van der Waals surface area contributed by atoms with E-state index in [-0.39, 0.29) is 18.3 Å². The van der Waals surface area contributed by atoms with Gasteiger partial charge in [0.2, 0.25) is 0 Å². The van der Waals surface area contributed by atoms with Crippen molar-refractivity contribution >= 4 is 16.9 Å². The minimum Gasteiger partial charge on any atom is -0.497 e. The highest BCUT2D eigenvalue weighted by atomic mass is 16.5. The van der Waals surface area contributed by atoms with Crippen LogP contribution in [0.5, 0.6) is 5.75 Å². The van der Waals surface area contributed by atoms with Crippen molar-refractivity contribution in [2.75, 3.05) is 26.7 Å². The molecule has 1 aliphatic heterocycles. The monoisotopic (exact) mass is 475 g/mol. The second-order valence-electron chi connectivity index (χ2n) is 9.32. The van der Waals surface area contributed by atoms with E-state index >= 15 is 0 Å². The van der Waals surface area contributed by atoms with Gasteiger partial charge in [0.15, 0.2) is 0 Å². The average Bonchev–Trinajstić information content (AvgIpc) is 3.26. The first-order valence-corrected chi connectivity index (χ1v) is 12.1. The normalized spacial score (nSPS) is 19.2. The Kier molecular flexibility index (Phi) is 8.06. The minimum atomic E-state index is -0.774. The summed E-state index contributed by atoms with van der Waals surface area (Å²) < 4.78 is 7.33. The van der Waals surface area contributed by atoms with Gasteiger partial charge in [0.05, 0.1) is 31.0 Å². The van der Waals surface area contributed by atoms with Crippen LogP contribution in [0.1, 0.15) is 43.0 Å². The molecule has 2 aromatic heterocycles. The third-order valence-corrected chi connectivity index (χ3v) is 7.03. The second-order valence-corrected chi connectivity index (χ2v) is 9.32. The summed E-state index contributed by atoms with van der Waals surface area (Å²) in [4.78, 5) is 18.2. The van der Waals surface area contributed by atoms with Crippen LogP contribution < -0.4 is 4.74 Å². The number of ether oxygens (including phenoxy) is 1. The van der Waals surface area contributed by atoms with Crippen LogP contribution in [-0.4, -0.2) is 57.4 Å². The SMILES string of the molecule is COc1ccc2nccc(C(O)CC[C@@H]3CCN(CC#Cc4cccn4C)C[C@@H]3CC(=O)O)c2c1. The highest BCUT2D eigenvalue weighted by molar-refractivity contribution is 5.83. The van der Waals surface area contributed by atoms with Crippen molar-refractivity contribution in [3.8, 4) is 17.6 Å². The lowest BCUT2D eigenvalue weighted by molar-refractivity contribution is -0.139. The number of fused-ring (bicyclic) bond motifs is 1. The molecule has 4 rings (SSSR count). The minimum absolute atomic E-state index is 0.0413. The number of aromatic nitrogens is 2. The molecule has 184 valence electrons. The van der Waals surface area contributed by atoms with Crippen molar-refractivity contribution in [2.24, 2.45) is 18.9 Å². The van der Waals surface area contributed by atoms with E-state index in [9.17, 15) is 15.0 Å². The lowest BCUT2D eigenvalue weighted by Crippen LogP contribution is -2.41. The molecule has 0 spiro atoms. The zero-order valence-corrected chi connectivity index (χ0v) is 20.4. The van der Waals surface area contributed by atoms with Gasteiger partial charge in [-0.25, -0.2) is 0 Å². The van der Waals surface area contributed by atoms with Gasteiger partial charge in [0, 0.05) is 37.8 Å². The number of nitrogens with zero attached hydrogens (tertiary/aromatic N) is 3. The van der Waals surface area contributed by atoms with Gasteiger partial charge in [-0.2, -0.15) is 0 Å². The number of aliphatic hydroxyl groups is 1. The largest absolute Gasteiger partial charge is 0.497 e. The van der Waals surface area contributed by atoms with E-state index in [1.165, 1.54) is 0 Å². The molecule has 1 unspecified atom stereocenters. The van der Waals surface area contributed by atoms with Gasteiger partial charge < -0.3 is 19.5 Å². The van der Waals surface area contributed by atoms with Crippen LogP contribution >= 0.6 is 0 Å². The maximum Gasteiger partial charge on any atom is 0.303 e. The number of pyridine rings is 1. The van der Waals surface area contributed by atoms with Crippen LogP contribution in [0.2, 0.25) is 0 Å². The molecule has 0 radical (unpaired) electrons. The number of hydrogen-bond acceptors (Lipinski definition) is 5. The smallest absolute Gasteiger partial charge is 0.303 e. The van der Waals surface area contributed by atoms with Gasteiger partial charge in [-0.05, 0) is 85.5 Å². The number of aliphatic hydroxyl groups excluding tert-OH is 1. The average molecular weight is 476 g/mol. The van der Waals surface area contributed by atoms with Crippen LogP contribution in [0.25, 0.3) is 10.9 Å². The number of rotatable bonds is 8. The van der Waals surface area contributed by atoms with E-state index in [1.807, 2.05) is 54.2 Å². The molecule has 3 aromatic rings. The second kappa shape index (κ2) is 11.4. The Balaban J connectivity index is 1.39. The van der Waals surface area contributed by atoms with Crippen molar-refractivity contribution in [3.05, 3.63) is 60.0 Å². The van der Waals surface area contributed by atoms with Gasteiger partial charge in [0.25, 0.3) is 0 Å². The molecule has 0 bridgehead atoms. The zero-order chi connectivity index (χ0) is 24.8. The molecule has 2 N–H and O–H groups in total. The molecule has 3 atom stereocenters. The number of aryl methyl sites for hydroxylation is 1. The summed E-state index contributed by atoms with van der Waals surface area (Å²) in [6.45, 7) is 2.22. The summed E-state index contributed by atoms with van der Waals surface area (Å²) in [5.74, 6) is 6.68. The summed E-state index contributed by atoms with van der Waals surface area (Å²) in [6, 6.07) is 11.5. The third kappa shape index (κ3) is 6.21. The number of hydrogen-bond donors (Lipinski definition) is 2. The number of carboxylic acids is 1. The fraction of sp³-hybridized carbons (Fsp3) is 0.429. The lowest BCUT2D eigenvalue weighted by atomic mass is 9.79. The van der Waals surface area contributed by atoms with Crippen molar-refractivity contribution in [1.82, 2.24) is 14.5 Å². The third-order valence-electron chi connectivity index (χ3n) is 7.03. The number of benzene rings is 1. The predicted octanol–water partition coefficient (Wildman–Crippen LogP) is 3.86. The van der Waals surface area contributed by atoms with Crippen molar-refractivity contribution in [1.29, 1.82) is 0 Å². The molecule has 7 heteroatoms. The summed E-state index contributed by atoms with van der Waals surface area (Å²) in [7, 11) is 3.59. The maximum atomic E-state index is 11.6. The maximum absolute atomic E-state index is 11.6. The molecular weight excluding hydrogens is 442 g/mol. The van der Waals surface area contributed by atoms with Gasteiger partial charge >= 0.3 is 5.97 Å². The number of methoxy groups -OCH3 is 1. The Bertz CT molecular complexity index is 1230. The lowest BCUT2D eigenvalue weighted by Gasteiger charge is -2.37. The zero-order valence-electron chi connectivity index (χ0n) is 20.4. The van der Waals surface area contributed by atoms with Crippen LogP contribution in [0.4, 0.5) is 0 Å². The van der Waals surface area contributed by atoms with E-state index in [2.05, 4.69) is 21.7 Å². The number of piperidine rings is 1. The van der Waals surface area contributed by atoms with Crippen molar-refractivity contribution in [2.45, 2.75) is 31.8 Å². The van der Waals surface area contributed by atoms with Crippen molar-refractivity contribution in [3.63, 3.8) is 0 Å². The molecule has 7 nitrogen and oxygen atoms in total. The Morgan fingerprint density at radius 2 is 2.14 bits per heavy atom. The summed E-state index contributed by atoms with van der Waals surface area (Å²) in [5, 5.41) is 21.4. The molecule has 3 heterocycles. The first kappa shape index (κ1) is 24.8. The summed E-state index contributed by atoms with van der Waals surface area (Å²) >= 11 is 0. The summed E-state index contributed by atoms with van der Waals surface area (Å²) in [5.41, 5.74) is 2.62. The molecule has 35 heavy (non-hydrogen) atoms.